The molecule has 0 unspecified atom stereocenters. The second-order valence-corrected chi connectivity index (χ2v) is 6.54. The maximum absolute atomic E-state index is 2.55. The lowest BCUT2D eigenvalue weighted by Gasteiger charge is -2.37. The van der Waals surface area contributed by atoms with Gasteiger partial charge in [0.2, 0.25) is 0 Å². The highest BCUT2D eigenvalue weighted by molar-refractivity contribution is 5.63. The Morgan fingerprint density at radius 3 is 2.50 bits per heavy atom. The summed E-state index contributed by atoms with van der Waals surface area (Å²) in [5, 5.41) is 0. The molecule has 0 fully saturated rings. The third-order valence-electron chi connectivity index (χ3n) is 5.10. The number of hydrogen-bond acceptors (Lipinski definition) is 2. The van der Waals surface area contributed by atoms with Crippen LogP contribution in [0.5, 0.6) is 0 Å². The molecule has 22 heavy (non-hydrogen) atoms. The van der Waals surface area contributed by atoms with Gasteiger partial charge in [-0.25, -0.2) is 0 Å². The average Bonchev–Trinajstić information content (AvgIpc) is 2.62. The molecule has 0 spiro atoms. The first-order valence-electron chi connectivity index (χ1n) is 8.14. The summed E-state index contributed by atoms with van der Waals surface area (Å²) in [5.41, 5.74) is 8.31. The minimum Gasteiger partial charge on any atom is -0.354 e. The smallest absolute Gasteiger partial charge is 0.0984 e. The molecule has 2 aromatic carbocycles. The molecule has 0 bridgehead atoms. The SMILES string of the molecule is Cc1cc(C)c(C)c(N2CCc3ccccc3N(C)[C@@H]2C)c1. The molecule has 1 aliphatic heterocycles. The molecule has 0 aromatic heterocycles. The minimum atomic E-state index is 0.351. The number of nitrogens with zero attached hydrogens (tertiary/aromatic N) is 2. The quantitative estimate of drug-likeness (QED) is 0.766. The van der Waals surface area contributed by atoms with E-state index >= 15 is 0 Å². The van der Waals surface area contributed by atoms with Crippen LogP contribution in [0.3, 0.4) is 0 Å². The van der Waals surface area contributed by atoms with Crippen LogP contribution in [0.1, 0.15) is 29.2 Å². The molecule has 3 rings (SSSR count). The van der Waals surface area contributed by atoms with Crippen LogP contribution in [-0.2, 0) is 6.42 Å². The van der Waals surface area contributed by atoms with Crippen molar-refractivity contribution in [2.45, 2.75) is 40.3 Å². The molecular formula is C20H26N2. The van der Waals surface area contributed by atoms with E-state index in [1.807, 2.05) is 0 Å². The fraction of sp³-hybridized carbons (Fsp3) is 0.400. The van der Waals surface area contributed by atoms with E-state index in [1.165, 1.54) is 33.6 Å². The van der Waals surface area contributed by atoms with Crippen LogP contribution in [0.4, 0.5) is 11.4 Å². The Balaban J connectivity index is 2.04. The molecule has 1 heterocycles. The highest BCUT2D eigenvalue weighted by Gasteiger charge is 2.25. The van der Waals surface area contributed by atoms with E-state index in [1.54, 1.807) is 0 Å². The first-order valence-corrected chi connectivity index (χ1v) is 8.14. The molecule has 1 aliphatic rings. The van der Waals surface area contributed by atoms with Crippen molar-refractivity contribution in [1.29, 1.82) is 0 Å². The van der Waals surface area contributed by atoms with Crippen molar-refractivity contribution in [3.63, 3.8) is 0 Å². The molecular weight excluding hydrogens is 268 g/mol. The lowest BCUT2D eigenvalue weighted by atomic mass is 10.0. The minimum absolute atomic E-state index is 0.351. The monoisotopic (exact) mass is 294 g/mol. The summed E-state index contributed by atoms with van der Waals surface area (Å²) in [7, 11) is 2.21. The van der Waals surface area contributed by atoms with Crippen LogP contribution < -0.4 is 9.80 Å². The van der Waals surface area contributed by atoms with Crippen molar-refractivity contribution >= 4 is 11.4 Å². The number of aryl methyl sites for hydroxylation is 2. The van der Waals surface area contributed by atoms with E-state index in [0.29, 0.717) is 6.17 Å². The summed E-state index contributed by atoms with van der Waals surface area (Å²) in [4.78, 5) is 4.95. The predicted molar refractivity (Wildman–Crippen MR) is 96.0 cm³/mol. The number of benzene rings is 2. The van der Waals surface area contributed by atoms with Gasteiger partial charge in [0.05, 0.1) is 6.17 Å². The van der Waals surface area contributed by atoms with Gasteiger partial charge in [-0.2, -0.15) is 0 Å². The van der Waals surface area contributed by atoms with Gasteiger partial charge in [0.1, 0.15) is 0 Å². The Hall–Kier alpha value is -1.96. The third kappa shape index (κ3) is 2.47. The normalized spacial score (nSPS) is 18.1. The second kappa shape index (κ2) is 5.68. The van der Waals surface area contributed by atoms with Gasteiger partial charge in [0, 0.05) is 25.0 Å². The Bertz CT molecular complexity index is 690. The van der Waals surface area contributed by atoms with E-state index in [9.17, 15) is 0 Å². The van der Waals surface area contributed by atoms with Gasteiger partial charge < -0.3 is 9.80 Å². The van der Waals surface area contributed by atoms with Crippen LogP contribution in [0.25, 0.3) is 0 Å². The van der Waals surface area contributed by atoms with Gasteiger partial charge in [0.25, 0.3) is 0 Å². The fourth-order valence-electron chi connectivity index (χ4n) is 3.54. The zero-order valence-corrected chi connectivity index (χ0v) is 14.4. The molecule has 2 heteroatoms. The zero-order valence-electron chi connectivity index (χ0n) is 14.4. The number of para-hydroxylation sites is 1. The molecule has 0 saturated carbocycles. The summed E-state index contributed by atoms with van der Waals surface area (Å²) in [6.45, 7) is 10.0. The van der Waals surface area contributed by atoms with Crippen molar-refractivity contribution in [2.75, 3.05) is 23.4 Å². The number of hydrogen-bond donors (Lipinski definition) is 0. The number of anilines is 2. The molecule has 0 radical (unpaired) electrons. The fourth-order valence-corrected chi connectivity index (χ4v) is 3.54. The molecule has 116 valence electrons. The Morgan fingerprint density at radius 1 is 1.00 bits per heavy atom. The molecule has 0 N–H and O–H groups in total. The highest BCUT2D eigenvalue weighted by atomic mass is 15.3. The predicted octanol–water partition coefficient (Wildman–Crippen LogP) is 4.46. The van der Waals surface area contributed by atoms with Gasteiger partial charge in [-0.1, -0.05) is 24.3 Å². The molecule has 0 aliphatic carbocycles. The van der Waals surface area contributed by atoms with Crippen molar-refractivity contribution in [2.24, 2.45) is 0 Å². The van der Waals surface area contributed by atoms with E-state index in [2.05, 4.69) is 80.9 Å². The summed E-state index contributed by atoms with van der Waals surface area (Å²) in [6, 6.07) is 13.4. The van der Waals surface area contributed by atoms with E-state index in [4.69, 9.17) is 0 Å². The largest absolute Gasteiger partial charge is 0.354 e. The summed E-state index contributed by atoms with van der Waals surface area (Å²) in [5.74, 6) is 0. The van der Waals surface area contributed by atoms with Crippen molar-refractivity contribution in [3.05, 3.63) is 58.7 Å². The standard InChI is InChI=1S/C20H26N2/c1-14-12-15(2)16(3)20(13-14)22-11-10-18-8-6-7-9-19(18)21(5)17(22)4/h6-9,12-13,17H,10-11H2,1-5H3/t17-/m0/s1. The first kappa shape index (κ1) is 15.0. The number of fused-ring (bicyclic) bond motifs is 1. The summed E-state index contributed by atoms with van der Waals surface area (Å²) >= 11 is 0. The van der Waals surface area contributed by atoms with Crippen LogP contribution in [0.15, 0.2) is 36.4 Å². The lowest BCUT2D eigenvalue weighted by Crippen LogP contribution is -2.44. The van der Waals surface area contributed by atoms with Crippen LogP contribution in [0, 0.1) is 20.8 Å². The summed E-state index contributed by atoms with van der Waals surface area (Å²) < 4.78 is 0. The second-order valence-electron chi connectivity index (χ2n) is 6.54. The molecule has 0 saturated heterocycles. The molecule has 2 nitrogen and oxygen atoms in total. The van der Waals surface area contributed by atoms with Gasteiger partial charge in [-0.3, -0.25) is 0 Å². The van der Waals surface area contributed by atoms with Gasteiger partial charge in [-0.15, -0.1) is 0 Å². The topological polar surface area (TPSA) is 6.48 Å². The highest BCUT2D eigenvalue weighted by Crippen LogP contribution is 2.32. The third-order valence-corrected chi connectivity index (χ3v) is 5.10. The van der Waals surface area contributed by atoms with Gasteiger partial charge in [0.15, 0.2) is 0 Å². The van der Waals surface area contributed by atoms with Crippen LogP contribution in [-0.4, -0.2) is 19.8 Å². The first-order chi connectivity index (χ1) is 10.5. The van der Waals surface area contributed by atoms with E-state index in [-0.39, 0.29) is 0 Å². The lowest BCUT2D eigenvalue weighted by molar-refractivity contribution is 0.636. The average molecular weight is 294 g/mol. The molecule has 0 amide bonds. The van der Waals surface area contributed by atoms with Crippen molar-refractivity contribution < 1.29 is 0 Å². The summed E-state index contributed by atoms with van der Waals surface area (Å²) in [6.07, 6.45) is 1.45. The van der Waals surface area contributed by atoms with Gasteiger partial charge in [-0.05, 0) is 68.5 Å². The molecule has 2 aromatic rings. The molecule has 1 atom stereocenters. The number of rotatable bonds is 1. The van der Waals surface area contributed by atoms with Crippen LogP contribution >= 0.6 is 0 Å². The van der Waals surface area contributed by atoms with Crippen molar-refractivity contribution in [1.82, 2.24) is 0 Å². The Morgan fingerprint density at radius 2 is 1.73 bits per heavy atom. The van der Waals surface area contributed by atoms with Crippen LogP contribution in [0.2, 0.25) is 0 Å². The maximum Gasteiger partial charge on any atom is 0.0984 e. The Labute approximate surface area is 134 Å². The zero-order chi connectivity index (χ0) is 15.9. The van der Waals surface area contributed by atoms with E-state index < -0.39 is 0 Å². The van der Waals surface area contributed by atoms with Gasteiger partial charge >= 0.3 is 0 Å². The van der Waals surface area contributed by atoms with Crippen molar-refractivity contribution in [3.8, 4) is 0 Å². The maximum atomic E-state index is 2.55. The van der Waals surface area contributed by atoms with E-state index in [0.717, 1.165) is 13.0 Å². The Kier molecular flexibility index (Phi) is 3.86.